The van der Waals surface area contributed by atoms with E-state index in [9.17, 15) is 4.79 Å². The number of hydrogen-bond donors (Lipinski definition) is 2. The molecule has 2 rings (SSSR count). The maximum Gasteiger partial charge on any atom is 0.252 e. The lowest BCUT2D eigenvalue weighted by Gasteiger charge is -2.29. The zero-order valence-electron chi connectivity index (χ0n) is 10.7. The molecule has 1 amide bonds. The molecule has 0 aromatic carbocycles. The van der Waals surface area contributed by atoms with E-state index in [1.807, 2.05) is 0 Å². The summed E-state index contributed by atoms with van der Waals surface area (Å²) in [6.07, 6.45) is 3.91. The quantitative estimate of drug-likeness (QED) is 0.827. The van der Waals surface area contributed by atoms with Crippen molar-refractivity contribution < 1.29 is 4.79 Å². The molecule has 98 valence electrons. The van der Waals surface area contributed by atoms with E-state index >= 15 is 0 Å². The lowest BCUT2D eigenvalue weighted by Crippen LogP contribution is -2.39. The van der Waals surface area contributed by atoms with E-state index in [1.54, 1.807) is 12.1 Å². The van der Waals surface area contributed by atoms with E-state index in [2.05, 4.69) is 22.2 Å². The van der Waals surface area contributed by atoms with Gasteiger partial charge in [0.2, 0.25) is 0 Å². The summed E-state index contributed by atoms with van der Waals surface area (Å²) in [5, 5.41) is 2.96. The van der Waals surface area contributed by atoms with Gasteiger partial charge in [-0.1, -0.05) is 0 Å². The molecule has 3 N–H and O–H groups in total. The monoisotopic (exact) mass is 248 g/mol. The van der Waals surface area contributed by atoms with Gasteiger partial charge in [0.05, 0.1) is 5.56 Å². The van der Waals surface area contributed by atoms with Crippen LogP contribution in [0.25, 0.3) is 0 Å². The summed E-state index contributed by atoms with van der Waals surface area (Å²) in [7, 11) is 2.12. The molecule has 0 aliphatic carbocycles. The van der Waals surface area contributed by atoms with Gasteiger partial charge in [-0.05, 0) is 44.5 Å². The van der Waals surface area contributed by atoms with Crippen molar-refractivity contribution in [3.63, 3.8) is 0 Å². The average molecular weight is 248 g/mol. The van der Waals surface area contributed by atoms with Crippen molar-refractivity contribution in [2.75, 3.05) is 32.4 Å². The van der Waals surface area contributed by atoms with Gasteiger partial charge in [-0.2, -0.15) is 0 Å². The summed E-state index contributed by atoms with van der Waals surface area (Å²) in [5.41, 5.74) is 6.05. The molecule has 1 aliphatic heterocycles. The van der Waals surface area contributed by atoms with E-state index in [0.717, 1.165) is 19.6 Å². The maximum atomic E-state index is 11.9. The minimum atomic E-state index is -0.0734. The Morgan fingerprint density at radius 1 is 1.61 bits per heavy atom. The van der Waals surface area contributed by atoms with E-state index in [0.29, 0.717) is 17.3 Å². The summed E-state index contributed by atoms with van der Waals surface area (Å²) in [6.45, 7) is 2.94. The van der Waals surface area contributed by atoms with Crippen LogP contribution in [0.2, 0.25) is 0 Å². The molecule has 1 aromatic rings. The third-order valence-electron chi connectivity index (χ3n) is 3.32. The van der Waals surface area contributed by atoms with Gasteiger partial charge in [-0.3, -0.25) is 4.79 Å². The molecular weight excluding hydrogens is 228 g/mol. The van der Waals surface area contributed by atoms with Crippen LogP contribution in [0.5, 0.6) is 0 Å². The topological polar surface area (TPSA) is 71.2 Å². The first-order valence-corrected chi connectivity index (χ1v) is 6.33. The molecule has 2 heterocycles. The van der Waals surface area contributed by atoms with Crippen LogP contribution in [0, 0.1) is 5.92 Å². The number of anilines is 1. The van der Waals surface area contributed by atoms with Crippen LogP contribution in [0.3, 0.4) is 0 Å². The van der Waals surface area contributed by atoms with Crippen molar-refractivity contribution in [3.8, 4) is 0 Å². The predicted octanol–water partition coefficient (Wildman–Crippen LogP) is 0.735. The van der Waals surface area contributed by atoms with Crippen molar-refractivity contribution >= 4 is 11.7 Å². The van der Waals surface area contributed by atoms with Crippen LogP contribution in [0.1, 0.15) is 23.2 Å². The maximum absolute atomic E-state index is 11.9. The number of amides is 1. The van der Waals surface area contributed by atoms with Crippen molar-refractivity contribution in [2.24, 2.45) is 5.92 Å². The molecule has 5 heteroatoms. The second-order valence-electron chi connectivity index (χ2n) is 4.95. The normalized spacial score (nSPS) is 20.6. The zero-order chi connectivity index (χ0) is 13.0. The number of nitrogens with zero attached hydrogens (tertiary/aromatic N) is 2. The number of carbonyl (C=O) groups excluding carboxylic acids is 1. The summed E-state index contributed by atoms with van der Waals surface area (Å²) >= 11 is 0. The van der Waals surface area contributed by atoms with Gasteiger partial charge in [-0.25, -0.2) is 4.98 Å². The number of likely N-dealkylation sites (tertiary alicyclic amines) is 1. The number of nitrogen functional groups attached to an aromatic ring is 1. The number of carbonyl (C=O) groups is 1. The fraction of sp³-hybridized carbons (Fsp3) is 0.538. The first-order chi connectivity index (χ1) is 8.65. The smallest absolute Gasteiger partial charge is 0.252 e. The molecule has 1 saturated heterocycles. The number of aromatic nitrogens is 1. The fourth-order valence-electron chi connectivity index (χ4n) is 2.32. The summed E-state index contributed by atoms with van der Waals surface area (Å²) in [4.78, 5) is 18.1. The summed E-state index contributed by atoms with van der Waals surface area (Å²) in [5.74, 6) is 0.908. The number of rotatable bonds is 3. The minimum Gasteiger partial charge on any atom is -0.384 e. The van der Waals surface area contributed by atoms with Crippen LogP contribution < -0.4 is 11.1 Å². The molecule has 1 aliphatic rings. The highest BCUT2D eigenvalue weighted by Crippen LogP contribution is 2.14. The minimum absolute atomic E-state index is 0.0734. The molecule has 1 aromatic heterocycles. The van der Waals surface area contributed by atoms with Gasteiger partial charge in [0.15, 0.2) is 0 Å². The fourth-order valence-corrected chi connectivity index (χ4v) is 2.32. The average Bonchev–Trinajstić information content (AvgIpc) is 2.37. The van der Waals surface area contributed by atoms with Crippen LogP contribution in [0.4, 0.5) is 5.82 Å². The third kappa shape index (κ3) is 3.43. The van der Waals surface area contributed by atoms with Crippen LogP contribution in [-0.2, 0) is 0 Å². The number of piperidine rings is 1. The predicted molar refractivity (Wildman–Crippen MR) is 71.2 cm³/mol. The van der Waals surface area contributed by atoms with Crippen molar-refractivity contribution in [2.45, 2.75) is 12.8 Å². The first-order valence-electron chi connectivity index (χ1n) is 6.33. The lowest BCUT2D eigenvalue weighted by atomic mass is 9.98. The van der Waals surface area contributed by atoms with Crippen LogP contribution in [-0.4, -0.2) is 42.5 Å². The van der Waals surface area contributed by atoms with E-state index in [4.69, 9.17) is 5.73 Å². The Bertz CT molecular complexity index is 404. The molecule has 0 bridgehead atoms. The first kappa shape index (κ1) is 12.8. The van der Waals surface area contributed by atoms with Crippen molar-refractivity contribution in [1.29, 1.82) is 0 Å². The second kappa shape index (κ2) is 5.82. The Kier molecular flexibility index (Phi) is 4.15. The molecule has 0 radical (unpaired) electrons. The van der Waals surface area contributed by atoms with E-state index in [1.165, 1.54) is 19.0 Å². The van der Waals surface area contributed by atoms with Crippen molar-refractivity contribution in [1.82, 2.24) is 15.2 Å². The highest BCUT2D eigenvalue weighted by atomic mass is 16.1. The van der Waals surface area contributed by atoms with Gasteiger partial charge in [0, 0.05) is 19.3 Å². The number of pyridine rings is 1. The van der Waals surface area contributed by atoms with Gasteiger partial charge < -0.3 is 16.0 Å². The summed E-state index contributed by atoms with van der Waals surface area (Å²) in [6, 6.07) is 3.34. The Labute approximate surface area is 107 Å². The molecule has 1 fully saturated rings. The lowest BCUT2D eigenvalue weighted by molar-refractivity contribution is 0.0936. The number of nitrogens with one attached hydrogen (secondary N) is 1. The SMILES string of the molecule is CN1CCCC(CNC(=O)c2ccc(N)nc2)C1. The Balaban J connectivity index is 1.82. The van der Waals surface area contributed by atoms with Gasteiger partial charge in [0.25, 0.3) is 5.91 Å². The molecule has 18 heavy (non-hydrogen) atoms. The largest absolute Gasteiger partial charge is 0.384 e. The van der Waals surface area contributed by atoms with Gasteiger partial charge in [0.1, 0.15) is 5.82 Å². The van der Waals surface area contributed by atoms with Gasteiger partial charge >= 0.3 is 0 Å². The van der Waals surface area contributed by atoms with Crippen molar-refractivity contribution in [3.05, 3.63) is 23.9 Å². The molecule has 1 unspecified atom stereocenters. The zero-order valence-corrected chi connectivity index (χ0v) is 10.7. The summed E-state index contributed by atoms with van der Waals surface area (Å²) < 4.78 is 0. The third-order valence-corrected chi connectivity index (χ3v) is 3.32. The van der Waals surface area contributed by atoms with Gasteiger partial charge in [-0.15, -0.1) is 0 Å². The highest BCUT2D eigenvalue weighted by Gasteiger charge is 2.17. The highest BCUT2D eigenvalue weighted by molar-refractivity contribution is 5.93. The standard InChI is InChI=1S/C13H20N4O/c1-17-6-2-3-10(9-17)7-16-13(18)11-4-5-12(14)15-8-11/h4-5,8,10H,2-3,6-7,9H2,1H3,(H2,14,15)(H,16,18). The Hall–Kier alpha value is -1.62. The van der Waals surface area contributed by atoms with Crippen LogP contribution >= 0.6 is 0 Å². The Morgan fingerprint density at radius 2 is 2.44 bits per heavy atom. The Morgan fingerprint density at radius 3 is 3.11 bits per heavy atom. The molecule has 5 nitrogen and oxygen atoms in total. The van der Waals surface area contributed by atoms with E-state index < -0.39 is 0 Å². The molecule has 0 saturated carbocycles. The molecular formula is C13H20N4O. The van der Waals surface area contributed by atoms with E-state index in [-0.39, 0.29) is 5.91 Å². The molecule has 1 atom stereocenters. The molecule has 0 spiro atoms. The number of nitrogens with two attached hydrogens (primary N) is 1. The second-order valence-corrected chi connectivity index (χ2v) is 4.95. The van der Waals surface area contributed by atoms with Crippen LogP contribution in [0.15, 0.2) is 18.3 Å². The number of hydrogen-bond acceptors (Lipinski definition) is 4.